The monoisotopic (exact) mass is 410 g/mol. The van der Waals surface area contributed by atoms with Gasteiger partial charge in [-0.15, -0.1) is 0 Å². The van der Waals surface area contributed by atoms with Gasteiger partial charge in [0.1, 0.15) is 6.61 Å². The van der Waals surface area contributed by atoms with Crippen molar-refractivity contribution in [3.8, 4) is 17.1 Å². The first-order valence-corrected chi connectivity index (χ1v) is 9.83. The van der Waals surface area contributed by atoms with E-state index in [0.29, 0.717) is 35.9 Å². The number of fused-ring (bicyclic) bond motifs is 1. The summed E-state index contributed by atoms with van der Waals surface area (Å²) in [6, 6.07) is 8.49. The normalized spacial score (nSPS) is 12.4. The van der Waals surface area contributed by atoms with Gasteiger partial charge in [0.2, 0.25) is 0 Å². The molecule has 1 N–H and O–H groups in total. The van der Waals surface area contributed by atoms with Crippen LogP contribution in [0.25, 0.3) is 28.1 Å². The van der Waals surface area contributed by atoms with Crippen molar-refractivity contribution in [2.75, 3.05) is 6.61 Å². The summed E-state index contributed by atoms with van der Waals surface area (Å²) in [7, 11) is 0. The van der Waals surface area contributed by atoms with Gasteiger partial charge in [0.25, 0.3) is 0 Å². The Hall–Kier alpha value is -3.12. The van der Waals surface area contributed by atoms with Crippen LogP contribution >= 0.6 is 0 Å². The summed E-state index contributed by atoms with van der Waals surface area (Å²) in [6.45, 7) is 5.60. The molecule has 0 radical (unpaired) electrons. The van der Waals surface area contributed by atoms with Crippen LogP contribution in [0, 0.1) is 11.6 Å². The minimum absolute atomic E-state index is 0.174. The van der Waals surface area contributed by atoms with Crippen molar-refractivity contribution in [2.24, 2.45) is 0 Å². The van der Waals surface area contributed by atoms with Gasteiger partial charge in [0.05, 0.1) is 11.6 Å². The molecule has 4 nitrogen and oxygen atoms in total. The number of hydrogen-bond donors (Lipinski definition) is 1. The van der Waals surface area contributed by atoms with E-state index in [4.69, 9.17) is 4.74 Å². The highest BCUT2D eigenvalue weighted by Crippen LogP contribution is 2.29. The van der Waals surface area contributed by atoms with Gasteiger partial charge >= 0.3 is 6.01 Å². The fraction of sp³-hybridized carbons (Fsp3) is 0.250. The predicted octanol–water partition coefficient (Wildman–Crippen LogP) is 5.70. The number of benzene rings is 2. The summed E-state index contributed by atoms with van der Waals surface area (Å²) in [5.41, 5.74) is 1.55. The Morgan fingerprint density at radius 2 is 2.03 bits per heavy atom. The topological polar surface area (TPSA) is 55.2 Å². The van der Waals surface area contributed by atoms with Crippen LogP contribution in [0.1, 0.15) is 31.7 Å². The van der Waals surface area contributed by atoms with Crippen LogP contribution in [0.3, 0.4) is 0 Å². The Bertz CT molecular complexity index is 1060. The van der Waals surface area contributed by atoms with Crippen LogP contribution in [-0.4, -0.2) is 27.8 Å². The lowest BCUT2D eigenvalue weighted by molar-refractivity contribution is 0.182. The first kappa shape index (κ1) is 21.6. The number of unbranched alkanes of at least 4 members (excludes halogenated alkanes) is 1. The molecule has 6 heteroatoms. The standard InChI is InChI=1S/C24H24F2N2O2/c1-3-13-30-24-27-15-19-14-18(10-12-21(19)28-24)20-11-9-17(22(25)23(20)26)8-6-4-5-7-16(2)29/h3,6,8-12,14-16,29H,1,4-5,7,13H2,2H3/b8-6+. The number of allylic oxidation sites excluding steroid dienone is 1. The molecular weight excluding hydrogens is 386 g/mol. The molecular formula is C24H24F2N2O2. The second-order valence-electron chi connectivity index (χ2n) is 7.04. The lowest BCUT2D eigenvalue weighted by atomic mass is 10.0. The molecule has 0 aliphatic rings. The smallest absolute Gasteiger partial charge is 0.317 e. The number of ether oxygens (including phenoxy) is 1. The van der Waals surface area contributed by atoms with Crippen LogP contribution in [0.2, 0.25) is 0 Å². The molecule has 0 amide bonds. The van der Waals surface area contributed by atoms with E-state index in [1.807, 2.05) is 0 Å². The molecule has 2 aromatic carbocycles. The predicted molar refractivity (Wildman–Crippen MR) is 115 cm³/mol. The van der Waals surface area contributed by atoms with E-state index in [1.165, 1.54) is 0 Å². The quantitative estimate of drug-likeness (QED) is 0.363. The maximum absolute atomic E-state index is 14.7. The summed E-state index contributed by atoms with van der Waals surface area (Å²) in [5.74, 6) is -1.78. The van der Waals surface area contributed by atoms with Crippen LogP contribution < -0.4 is 4.74 Å². The summed E-state index contributed by atoms with van der Waals surface area (Å²) < 4.78 is 34.6. The summed E-state index contributed by atoms with van der Waals surface area (Å²) in [6.07, 6.45) is 8.35. The van der Waals surface area contributed by atoms with E-state index < -0.39 is 11.6 Å². The van der Waals surface area contributed by atoms with Crippen LogP contribution in [-0.2, 0) is 0 Å². The molecule has 0 aliphatic heterocycles. The van der Waals surface area contributed by atoms with Gasteiger partial charge < -0.3 is 9.84 Å². The fourth-order valence-electron chi connectivity index (χ4n) is 3.04. The third kappa shape index (κ3) is 5.27. The van der Waals surface area contributed by atoms with E-state index in [2.05, 4.69) is 16.5 Å². The van der Waals surface area contributed by atoms with Gasteiger partial charge in [-0.25, -0.2) is 13.8 Å². The highest BCUT2D eigenvalue weighted by molar-refractivity contribution is 5.84. The highest BCUT2D eigenvalue weighted by Gasteiger charge is 2.14. The largest absolute Gasteiger partial charge is 0.459 e. The number of aliphatic hydroxyl groups excluding tert-OH is 1. The molecule has 0 spiro atoms. The second-order valence-corrected chi connectivity index (χ2v) is 7.04. The third-order valence-corrected chi connectivity index (χ3v) is 4.60. The number of aliphatic hydroxyl groups is 1. The third-order valence-electron chi connectivity index (χ3n) is 4.60. The summed E-state index contributed by atoms with van der Waals surface area (Å²) in [5, 5.41) is 9.95. The number of nitrogens with zero attached hydrogens (tertiary/aromatic N) is 2. The van der Waals surface area contributed by atoms with Crippen LogP contribution in [0.4, 0.5) is 8.78 Å². The van der Waals surface area contributed by atoms with Gasteiger partial charge in [-0.3, -0.25) is 0 Å². The van der Waals surface area contributed by atoms with E-state index in [0.717, 1.165) is 6.42 Å². The van der Waals surface area contributed by atoms with Gasteiger partial charge in [-0.2, -0.15) is 4.98 Å². The highest BCUT2D eigenvalue weighted by atomic mass is 19.2. The molecule has 0 saturated heterocycles. The average molecular weight is 410 g/mol. The molecule has 1 heterocycles. The van der Waals surface area contributed by atoms with Crippen LogP contribution in [0.5, 0.6) is 6.01 Å². The number of halogens is 2. The molecule has 156 valence electrons. The zero-order valence-corrected chi connectivity index (χ0v) is 16.8. The molecule has 0 saturated carbocycles. The number of aromatic nitrogens is 2. The molecule has 0 aliphatic carbocycles. The molecule has 1 atom stereocenters. The summed E-state index contributed by atoms with van der Waals surface area (Å²) in [4.78, 5) is 8.41. The minimum Gasteiger partial charge on any atom is -0.459 e. The molecule has 30 heavy (non-hydrogen) atoms. The number of rotatable bonds is 9. The second kappa shape index (κ2) is 10.1. The maximum atomic E-state index is 14.7. The Balaban J connectivity index is 1.81. The summed E-state index contributed by atoms with van der Waals surface area (Å²) >= 11 is 0. The van der Waals surface area contributed by atoms with Gasteiger partial charge in [0.15, 0.2) is 11.6 Å². The Kier molecular flexibility index (Phi) is 7.25. The average Bonchev–Trinajstić information content (AvgIpc) is 2.74. The zero-order valence-electron chi connectivity index (χ0n) is 16.8. The first-order valence-electron chi connectivity index (χ1n) is 9.83. The molecule has 3 aromatic rings. The van der Waals surface area contributed by atoms with Crippen molar-refractivity contribution in [2.45, 2.75) is 32.3 Å². The van der Waals surface area contributed by atoms with Crippen molar-refractivity contribution in [3.05, 3.63) is 72.5 Å². The number of hydrogen-bond acceptors (Lipinski definition) is 4. The van der Waals surface area contributed by atoms with E-state index >= 15 is 0 Å². The van der Waals surface area contributed by atoms with E-state index in [9.17, 15) is 13.9 Å². The van der Waals surface area contributed by atoms with Crippen molar-refractivity contribution < 1.29 is 18.6 Å². The lowest BCUT2D eigenvalue weighted by Gasteiger charge is -2.08. The Labute approximate surface area is 174 Å². The maximum Gasteiger partial charge on any atom is 0.317 e. The molecule has 0 fully saturated rings. The molecule has 1 unspecified atom stereocenters. The molecule has 1 aromatic heterocycles. The van der Waals surface area contributed by atoms with Crippen molar-refractivity contribution in [1.82, 2.24) is 9.97 Å². The van der Waals surface area contributed by atoms with Gasteiger partial charge in [-0.05, 0) is 43.9 Å². The van der Waals surface area contributed by atoms with Gasteiger partial charge in [-0.1, -0.05) is 43.0 Å². The molecule has 3 rings (SSSR count). The van der Waals surface area contributed by atoms with E-state index in [1.54, 1.807) is 61.7 Å². The van der Waals surface area contributed by atoms with Crippen molar-refractivity contribution in [3.63, 3.8) is 0 Å². The van der Waals surface area contributed by atoms with Crippen molar-refractivity contribution >= 4 is 17.0 Å². The Morgan fingerprint density at radius 3 is 2.80 bits per heavy atom. The van der Waals surface area contributed by atoms with E-state index in [-0.39, 0.29) is 23.2 Å². The lowest BCUT2D eigenvalue weighted by Crippen LogP contribution is -1.98. The van der Waals surface area contributed by atoms with Gasteiger partial charge in [0, 0.05) is 22.7 Å². The van der Waals surface area contributed by atoms with Crippen LogP contribution in [0.15, 0.2) is 55.3 Å². The minimum atomic E-state index is -0.896. The Morgan fingerprint density at radius 1 is 1.20 bits per heavy atom. The first-order chi connectivity index (χ1) is 14.5. The fourth-order valence-corrected chi connectivity index (χ4v) is 3.04. The zero-order chi connectivity index (χ0) is 21.5. The molecule has 0 bridgehead atoms. The SMILES string of the molecule is C=CCOc1ncc2cc(-c3ccc(/C=C/CCCC(C)O)c(F)c3F)ccc2n1. The van der Waals surface area contributed by atoms with Crippen molar-refractivity contribution in [1.29, 1.82) is 0 Å².